The maximum Gasteiger partial charge on any atom is 0.130 e. The summed E-state index contributed by atoms with van der Waals surface area (Å²) < 4.78 is 0. The lowest BCUT2D eigenvalue weighted by Gasteiger charge is -2.06. The Labute approximate surface area is 92.3 Å². The van der Waals surface area contributed by atoms with Crippen LogP contribution in [-0.2, 0) is 12.8 Å². The van der Waals surface area contributed by atoms with Gasteiger partial charge < -0.3 is 5.32 Å². The van der Waals surface area contributed by atoms with Gasteiger partial charge in [0, 0.05) is 25.2 Å². The van der Waals surface area contributed by atoms with E-state index >= 15 is 0 Å². The highest BCUT2D eigenvalue weighted by molar-refractivity contribution is 5.35. The first-order chi connectivity index (χ1) is 7.30. The summed E-state index contributed by atoms with van der Waals surface area (Å²) in [5, 5.41) is 3.09. The van der Waals surface area contributed by atoms with E-state index in [9.17, 15) is 0 Å². The number of nitrogens with zero attached hydrogens (tertiary/aromatic N) is 2. The fourth-order valence-corrected chi connectivity index (χ4v) is 1.51. The molecule has 0 amide bonds. The summed E-state index contributed by atoms with van der Waals surface area (Å²) >= 11 is 0. The minimum Gasteiger partial charge on any atom is -0.373 e. The van der Waals surface area contributed by atoms with E-state index in [0.717, 1.165) is 36.6 Å². The first-order valence-corrected chi connectivity index (χ1v) is 5.84. The van der Waals surface area contributed by atoms with Gasteiger partial charge in [0.1, 0.15) is 11.6 Å². The summed E-state index contributed by atoms with van der Waals surface area (Å²) in [6, 6.07) is 2.04. The van der Waals surface area contributed by atoms with Crippen LogP contribution in [0.2, 0.25) is 0 Å². The monoisotopic (exact) mass is 207 g/mol. The maximum absolute atomic E-state index is 4.56. The van der Waals surface area contributed by atoms with Gasteiger partial charge in [0.05, 0.1) is 0 Å². The van der Waals surface area contributed by atoms with Gasteiger partial charge in [-0.2, -0.15) is 0 Å². The molecule has 3 nitrogen and oxygen atoms in total. The van der Waals surface area contributed by atoms with Gasteiger partial charge in [0.2, 0.25) is 0 Å². The molecule has 0 spiro atoms. The SMILES string of the molecule is CCCCc1nc(CCC)cc(NC)n1. The predicted molar refractivity (Wildman–Crippen MR) is 64.2 cm³/mol. The van der Waals surface area contributed by atoms with Crippen LogP contribution < -0.4 is 5.32 Å². The first-order valence-electron chi connectivity index (χ1n) is 5.84. The van der Waals surface area contributed by atoms with Gasteiger partial charge in [-0.3, -0.25) is 0 Å². The lowest BCUT2D eigenvalue weighted by atomic mass is 10.2. The Hall–Kier alpha value is -1.12. The van der Waals surface area contributed by atoms with E-state index < -0.39 is 0 Å². The molecule has 0 aromatic carbocycles. The minimum atomic E-state index is 0.944. The molecule has 0 aliphatic carbocycles. The number of unbranched alkanes of at least 4 members (excludes halogenated alkanes) is 1. The molecule has 1 N–H and O–H groups in total. The van der Waals surface area contributed by atoms with Crippen LogP contribution in [-0.4, -0.2) is 17.0 Å². The Morgan fingerprint density at radius 2 is 1.93 bits per heavy atom. The number of rotatable bonds is 6. The zero-order valence-corrected chi connectivity index (χ0v) is 10.0. The molecule has 0 fully saturated rings. The number of aryl methyl sites for hydroxylation is 2. The molecule has 84 valence electrons. The largest absolute Gasteiger partial charge is 0.373 e. The van der Waals surface area contributed by atoms with E-state index in [1.807, 2.05) is 13.1 Å². The van der Waals surface area contributed by atoms with Crippen molar-refractivity contribution >= 4 is 5.82 Å². The molecular weight excluding hydrogens is 186 g/mol. The number of hydrogen-bond donors (Lipinski definition) is 1. The molecule has 1 heterocycles. The number of aromatic nitrogens is 2. The molecule has 15 heavy (non-hydrogen) atoms. The Balaban J connectivity index is 2.79. The van der Waals surface area contributed by atoms with Crippen molar-refractivity contribution in [3.8, 4) is 0 Å². The molecule has 0 saturated carbocycles. The fourth-order valence-electron chi connectivity index (χ4n) is 1.51. The number of hydrogen-bond acceptors (Lipinski definition) is 3. The van der Waals surface area contributed by atoms with Crippen LogP contribution in [0.5, 0.6) is 0 Å². The molecule has 1 aromatic heterocycles. The van der Waals surface area contributed by atoms with Gasteiger partial charge >= 0.3 is 0 Å². The van der Waals surface area contributed by atoms with Crippen molar-refractivity contribution in [2.75, 3.05) is 12.4 Å². The van der Waals surface area contributed by atoms with Crippen molar-refractivity contribution in [2.24, 2.45) is 0 Å². The molecule has 0 saturated heterocycles. The van der Waals surface area contributed by atoms with E-state index in [1.54, 1.807) is 0 Å². The average molecular weight is 207 g/mol. The third kappa shape index (κ3) is 3.86. The smallest absolute Gasteiger partial charge is 0.130 e. The van der Waals surface area contributed by atoms with Gasteiger partial charge in [-0.05, 0) is 12.8 Å². The van der Waals surface area contributed by atoms with Crippen LogP contribution in [0.3, 0.4) is 0 Å². The lowest BCUT2D eigenvalue weighted by molar-refractivity contribution is 0.739. The van der Waals surface area contributed by atoms with E-state index in [-0.39, 0.29) is 0 Å². The Morgan fingerprint density at radius 3 is 2.53 bits per heavy atom. The Morgan fingerprint density at radius 1 is 1.13 bits per heavy atom. The summed E-state index contributed by atoms with van der Waals surface area (Å²) in [7, 11) is 1.90. The first kappa shape index (κ1) is 12.0. The number of anilines is 1. The van der Waals surface area contributed by atoms with Crippen molar-refractivity contribution in [3.05, 3.63) is 17.6 Å². The highest BCUT2D eigenvalue weighted by atomic mass is 15.0. The normalized spacial score (nSPS) is 10.3. The highest BCUT2D eigenvalue weighted by Crippen LogP contribution is 2.10. The molecule has 1 aromatic rings. The van der Waals surface area contributed by atoms with Crippen LogP contribution in [0.1, 0.15) is 44.6 Å². The third-order valence-corrected chi connectivity index (χ3v) is 2.34. The second-order valence-corrected chi connectivity index (χ2v) is 3.76. The second-order valence-electron chi connectivity index (χ2n) is 3.76. The maximum atomic E-state index is 4.56. The van der Waals surface area contributed by atoms with E-state index in [1.165, 1.54) is 12.8 Å². The van der Waals surface area contributed by atoms with Crippen LogP contribution >= 0.6 is 0 Å². The van der Waals surface area contributed by atoms with Crippen molar-refractivity contribution in [3.63, 3.8) is 0 Å². The molecule has 0 bridgehead atoms. The molecule has 0 atom stereocenters. The molecule has 1 rings (SSSR count). The van der Waals surface area contributed by atoms with Gasteiger partial charge in [0.15, 0.2) is 0 Å². The summed E-state index contributed by atoms with van der Waals surface area (Å²) in [4.78, 5) is 9.01. The minimum absolute atomic E-state index is 0.944. The molecule has 0 aliphatic rings. The summed E-state index contributed by atoms with van der Waals surface area (Å²) in [5.74, 6) is 1.92. The van der Waals surface area contributed by atoms with Gasteiger partial charge in [-0.1, -0.05) is 26.7 Å². The summed E-state index contributed by atoms with van der Waals surface area (Å²) in [5.41, 5.74) is 1.16. The quantitative estimate of drug-likeness (QED) is 0.779. The Bertz CT molecular complexity index is 297. The van der Waals surface area contributed by atoms with E-state index in [4.69, 9.17) is 0 Å². The van der Waals surface area contributed by atoms with E-state index in [2.05, 4.69) is 29.1 Å². The van der Waals surface area contributed by atoms with Crippen LogP contribution in [0.15, 0.2) is 6.07 Å². The molecule has 3 heteroatoms. The van der Waals surface area contributed by atoms with Crippen molar-refractivity contribution in [1.82, 2.24) is 9.97 Å². The topological polar surface area (TPSA) is 37.8 Å². The highest BCUT2D eigenvalue weighted by Gasteiger charge is 2.02. The molecule has 0 radical (unpaired) electrons. The van der Waals surface area contributed by atoms with Crippen LogP contribution in [0, 0.1) is 0 Å². The van der Waals surface area contributed by atoms with Gasteiger partial charge in [0.25, 0.3) is 0 Å². The van der Waals surface area contributed by atoms with Crippen molar-refractivity contribution in [2.45, 2.75) is 46.0 Å². The summed E-state index contributed by atoms with van der Waals surface area (Å²) in [6.45, 7) is 4.36. The zero-order chi connectivity index (χ0) is 11.1. The fraction of sp³-hybridized carbons (Fsp3) is 0.667. The van der Waals surface area contributed by atoms with Crippen LogP contribution in [0.25, 0.3) is 0 Å². The molecular formula is C12H21N3. The van der Waals surface area contributed by atoms with Gasteiger partial charge in [-0.25, -0.2) is 9.97 Å². The number of nitrogens with one attached hydrogen (secondary N) is 1. The predicted octanol–water partition coefficient (Wildman–Crippen LogP) is 2.81. The lowest BCUT2D eigenvalue weighted by Crippen LogP contribution is -2.03. The standard InChI is InChI=1S/C12H21N3/c1-4-6-8-11-14-10(7-5-2)9-12(13-3)15-11/h9H,4-8H2,1-3H3,(H,13,14,15). The van der Waals surface area contributed by atoms with Gasteiger partial charge in [-0.15, -0.1) is 0 Å². The van der Waals surface area contributed by atoms with Crippen molar-refractivity contribution in [1.29, 1.82) is 0 Å². The molecule has 0 unspecified atom stereocenters. The van der Waals surface area contributed by atoms with Crippen LogP contribution in [0.4, 0.5) is 5.82 Å². The second kappa shape index (κ2) is 6.38. The average Bonchev–Trinajstić information content (AvgIpc) is 2.26. The van der Waals surface area contributed by atoms with E-state index in [0.29, 0.717) is 0 Å². The zero-order valence-electron chi connectivity index (χ0n) is 10.0. The molecule has 0 aliphatic heterocycles. The van der Waals surface area contributed by atoms with Crippen molar-refractivity contribution < 1.29 is 0 Å². The third-order valence-electron chi connectivity index (χ3n) is 2.34. The summed E-state index contributed by atoms with van der Waals surface area (Å²) in [6.07, 6.45) is 5.52. The Kier molecular flexibility index (Phi) is 5.08.